The van der Waals surface area contributed by atoms with Crippen molar-refractivity contribution in [3.8, 4) is 0 Å². The Morgan fingerprint density at radius 3 is 1.96 bits per heavy atom. The summed E-state index contributed by atoms with van der Waals surface area (Å²) in [5, 5.41) is 0. The van der Waals surface area contributed by atoms with Crippen LogP contribution in [0.25, 0.3) is 0 Å². The number of rotatable bonds is 21. The lowest BCUT2D eigenvalue weighted by molar-refractivity contribution is -0.151. The second kappa shape index (κ2) is 22.8. The van der Waals surface area contributed by atoms with E-state index in [2.05, 4.69) is 140 Å². The topological polar surface area (TPSA) is 26.3 Å². The molecule has 0 radical (unpaired) electrons. The molecule has 3 saturated carbocycles. The van der Waals surface area contributed by atoms with Gasteiger partial charge in [0.05, 0.1) is 0 Å². The van der Waals surface area contributed by atoms with Crippen LogP contribution >= 0.6 is 0 Å². The van der Waals surface area contributed by atoms with Gasteiger partial charge < -0.3 is 4.74 Å². The van der Waals surface area contributed by atoms with Crippen molar-refractivity contribution in [2.24, 2.45) is 52.3 Å². The van der Waals surface area contributed by atoms with Crippen molar-refractivity contribution in [3.63, 3.8) is 0 Å². The normalized spacial score (nSPS) is 31.4. The minimum atomic E-state index is 0.0111. The number of esters is 1. The average molecular weight is 737 g/mol. The fourth-order valence-electron chi connectivity index (χ4n) is 10.8. The number of unbranched alkanes of at least 4 members (excludes halogenated alkanes) is 2. The van der Waals surface area contributed by atoms with Gasteiger partial charge >= 0.3 is 5.97 Å². The first-order chi connectivity index (χ1) is 26.1. The molecule has 0 aliphatic heterocycles. The van der Waals surface area contributed by atoms with Crippen molar-refractivity contribution in [1.29, 1.82) is 0 Å². The first kappa shape index (κ1) is 44.1. The molecule has 9 unspecified atom stereocenters. The summed E-state index contributed by atoms with van der Waals surface area (Å²) < 4.78 is 6.12. The molecule has 0 aromatic carbocycles. The Morgan fingerprint density at radius 2 is 1.35 bits per heavy atom. The molecule has 0 aromatic heterocycles. The summed E-state index contributed by atoms with van der Waals surface area (Å²) in [4.78, 5) is 12.9. The fraction of sp³-hybridized carbons (Fsp3) is 0.673. The Labute approximate surface area is 333 Å². The van der Waals surface area contributed by atoms with Gasteiger partial charge in [0.25, 0.3) is 0 Å². The van der Waals surface area contributed by atoms with E-state index in [1.165, 1.54) is 38.5 Å². The summed E-state index contributed by atoms with van der Waals surface area (Å²) in [7, 11) is 0. The maximum atomic E-state index is 12.9. The zero-order chi connectivity index (χ0) is 38.8. The van der Waals surface area contributed by atoms with E-state index in [4.69, 9.17) is 4.74 Å². The Morgan fingerprint density at radius 1 is 0.741 bits per heavy atom. The summed E-state index contributed by atoms with van der Waals surface area (Å²) in [6.07, 6.45) is 54.3. The van der Waals surface area contributed by atoms with Gasteiger partial charge in [-0.05, 0) is 155 Å². The molecule has 4 rings (SSSR count). The molecular formula is C52H80O2. The van der Waals surface area contributed by atoms with Crippen molar-refractivity contribution < 1.29 is 9.53 Å². The fourth-order valence-corrected chi connectivity index (χ4v) is 10.8. The van der Waals surface area contributed by atoms with Crippen LogP contribution in [0.2, 0.25) is 0 Å². The van der Waals surface area contributed by atoms with E-state index in [1.807, 2.05) is 0 Å². The van der Waals surface area contributed by atoms with Crippen LogP contribution in [-0.4, -0.2) is 12.1 Å². The zero-order valence-corrected chi connectivity index (χ0v) is 35.8. The Kier molecular flexibility index (Phi) is 18.6. The maximum absolute atomic E-state index is 12.9. The first-order valence-corrected chi connectivity index (χ1v) is 22.6. The molecule has 0 saturated heterocycles. The Balaban J connectivity index is 1.09. The summed E-state index contributed by atoms with van der Waals surface area (Å²) in [6, 6.07) is 0. The molecule has 4 aliphatic rings. The SMILES string of the molecule is CC/C=C\C/C=C\C/C=C\C/C=C\C/C=C\C/C=C\CCCCC(=O)OC1CCC2(C)C(=CCC3C2CCC2(C)C(C(C)/C=C/C(C)C(C)C)CCC32)C1. The molecule has 2 nitrogen and oxygen atoms in total. The van der Waals surface area contributed by atoms with Gasteiger partial charge in [0.15, 0.2) is 0 Å². The zero-order valence-electron chi connectivity index (χ0n) is 35.8. The van der Waals surface area contributed by atoms with Crippen LogP contribution in [0.5, 0.6) is 0 Å². The maximum Gasteiger partial charge on any atom is 0.306 e. The molecule has 0 bridgehead atoms. The molecule has 300 valence electrons. The molecule has 54 heavy (non-hydrogen) atoms. The van der Waals surface area contributed by atoms with Crippen molar-refractivity contribution in [1.82, 2.24) is 0 Å². The van der Waals surface area contributed by atoms with Gasteiger partial charge in [-0.25, -0.2) is 0 Å². The van der Waals surface area contributed by atoms with Crippen LogP contribution < -0.4 is 0 Å². The number of fused-ring (bicyclic) bond motifs is 5. The van der Waals surface area contributed by atoms with Gasteiger partial charge in [0.1, 0.15) is 6.10 Å². The molecular weight excluding hydrogens is 657 g/mol. The number of hydrogen-bond donors (Lipinski definition) is 0. The number of ether oxygens (including phenoxy) is 1. The Bertz CT molecular complexity index is 1370. The molecule has 4 aliphatic carbocycles. The molecule has 0 aromatic rings. The highest BCUT2D eigenvalue weighted by atomic mass is 16.5. The first-order valence-electron chi connectivity index (χ1n) is 22.6. The lowest BCUT2D eigenvalue weighted by Gasteiger charge is -2.58. The molecule has 2 heteroatoms. The van der Waals surface area contributed by atoms with Crippen molar-refractivity contribution in [2.75, 3.05) is 0 Å². The van der Waals surface area contributed by atoms with Crippen LogP contribution in [0, 0.1) is 52.3 Å². The smallest absolute Gasteiger partial charge is 0.306 e. The molecule has 3 fully saturated rings. The lowest BCUT2D eigenvalue weighted by Crippen LogP contribution is -2.51. The number of carbonyl (C=O) groups is 1. The molecule has 9 atom stereocenters. The van der Waals surface area contributed by atoms with Gasteiger partial charge in [0.2, 0.25) is 0 Å². The van der Waals surface area contributed by atoms with E-state index in [1.54, 1.807) is 5.57 Å². The summed E-state index contributed by atoms with van der Waals surface area (Å²) in [6.45, 7) is 17.0. The molecule has 0 amide bonds. The molecule has 0 heterocycles. The molecule has 0 N–H and O–H groups in total. The van der Waals surface area contributed by atoms with Crippen LogP contribution in [0.15, 0.2) is 96.7 Å². The van der Waals surface area contributed by atoms with Crippen molar-refractivity contribution in [3.05, 3.63) is 96.7 Å². The predicted octanol–water partition coefficient (Wildman–Crippen LogP) is 15.2. The number of allylic oxidation sites excluding steroid dienone is 15. The lowest BCUT2D eigenvalue weighted by atomic mass is 9.47. The van der Waals surface area contributed by atoms with E-state index in [-0.39, 0.29) is 12.1 Å². The largest absolute Gasteiger partial charge is 0.462 e. The van der Waals surface area contributed by atoms with Crippen LogP contribution in [0.3, 0.4) is 0 Å². The van der Waals surface area contributed by atoms with Crippen molar-refractivity contribution >= 4 is 5.97 Å². The second-order valence-corrected chi connectivity index (χ2v) is 18.4. The third-order valence-electron chi connectivity index (χ3n) is 14.4. The van der Waals surface area contributed by atoms with E-state index in [0.717, 1.165) is 94.3 Å². The summed E-state index contributed by atoms with van der Waals surface area (Å²) in [5.74, 6) is 5.35. The minimum absolute atomic E-state index is 0.0111. The van der Waals surface area contributed by atoms with Gasteiger partial charge in [-0.15, -0.1) is 0 Å². The number of carbonyl (C=O) groups excluding carboxylic acids is 1. The monoisotopic (exact) mass is 737 g/mol. The van der Waals surface area contributed by atoms with Gasteiger partial charge in [-0.2, -0.15) is 0 Å². The van der Waals surface area contributed by atoms with E-state index in [0.29, 0.717) is 35.0 Å². The van der Waals surface area contributed by atoms with Crippen LogP contribution in [0.1, 0.15) is 164 Å². The highest BCUT2D eigenvalue weighted by Gasteiger charge is 2.59. The third-order valence-corrected chi connectivity index (χ3v) is 14.4. The van der Waals surface area contributed by atoms with Gasteiger partial charge in [-0.1, -0.05) is 145 Å². The standard InChI is InChI=1S/C52H80O2/c1-8-9-10-11-12-13-14-15-16-17-18-19-20-21-22-23-24-25-26-27-28-29-50(53)54-45-36-38-51(6)44(40-45)32-33-46-48-35-34-47(52(48,7)39-37-49(46)51)43(5)31-30-42(4)41(2)3/h9-10,12-13,15-16,18-19,21-22,24-25,30-32,41-43,45-49H,8,11,14,17,20,23,26-29,33-40H2,1-7H3/b10-9-,13-12-,16-15-,19-18-,22-21-,25-24-,31-30+. The summed E-state index contributed by atoms with van der Waals surface area (Å²) in [5.41, 5.74) is 2.39. The summed E-state index contributed by atoms with van der Waals surface area (Å²) >= 11 is 0. The van der Waals surface area contributed by atoms with E-state index < -0.39 is 0 Å². The Hall–Kier alpha value is -2.61. The van der Waals surface area contributed by atoms with E-state index in [9.17, 15) is 4.79 Å². The van der Waals surface area contributed by atoms with E-state index >= 15 is 0 Å². The second-order valence-electron chi connectivity index (χ2n) is 18.4. The van der Waals surface area contributed by atoms with Gasteiger partial charge in [-0.3, -0.25) is 4.79 Å². The molecule has 0 spiro atoms. The number of hydrogen-bond acceptors (Lipinski definition) is 2. The minimum Gasteiger partial charge on any atom is -0.462 e. The van der Waals surface area contributed by atoms with Gasteiger partial charge in [0, 0.05) is 12.8 Å². The third kappa shape index (κ3) is 12.7. The predicted molar refractivity (Wildman–Crippen MR) is 234 cm³/mol. The highest BCUT2D eigenvalue weighted by Crippen LogP contribution is 2.67. The quantitative estimate of drug-likeness (QED) is 0.0666. The highest BCUT2D eigenvalue weighted by molar-refractivity contribution is 5.69. The van der Waals surface area contributed by atoms with Crippen LogP contribution in [0.4, 0.5) is 0 Å². The van der Waals surface area contributed by atoms with Crippen LogP contribution in [-0.2, 0) is 9.53 Å². The van der Waals surface area contributed by atoms with Crippen molar-refractivity contribution in [2.45, 2.75) is 170 Å². The average Bonchev–Trinajstić information content (AvgIpc) is 3.51.